The van der Waals surface area contributed by atoms with Gasteiger partial charge in [-0.05, 0) is 29.3 Å². The number of carboxylic acids is 1. The summed E-state index contributed by atoms with van der Waals surface area (Å²) in [6, 6.07) is 9.94. The summed E-state index contributed by atoms with van der Waals surface area (Å²) in [5.41, 5.74) is 7.91. The first-order valence-electron chi connectivity index (χ1n) is 5.17. The number of pyridine rings is 1. The van der Waals surface area contributed by atoms with Gasteiger partial charge in [0.1, 0.15) is 0 Å². The Labute approximate surface area is 98.7 Å². The van der Waals surface area contributed by atoms with Gasteiger partial charge < -0.3 is 10.8 Å². The van der Waals surface area contributed by atoms with Gasteiger partial charge in [0.15, 0.2) is 0 Å². The van der Waals surface area contributed by atoms with Crippen LogP contribution < -0.4 is 5.73 Å². The molecular weight excluding hydrogens is 216 g/mol. The third-order valence-corrected chi connectivity index (χ3v) is 2.54. The molecule has 0 spiro atoms. The van der Waals surface area contributed by atoms with Crippen LogP contribution in [0.4, 0.5) is 0 Å². The van der Waals surface area contributed by atoms with Gasteiger partial charge >= 0.3 is 5.97 Å². The van der Waals surface area contributed by atoms with Gasteiger partial charge in [-0.15, -0.1) is 0 Å². The minimum atomic E-state index is -0.953. The molecule has 0 saturated carbocycles. The third-order valence-electron chi connectivity index (χ3n) is 2.54. The molecule has 0 radical (unpaired) electrons. The Hall–Kier alpha value is -2.20. The molecule has 0 aliphatic heterocycles. The molecule has 1 unspecified atom stereocenters. The first kappa shape index (κ1) is 11.3. The monoisotopic (exact) mass is 228 g/mol. The van der Waals surface area contributed by atoms with E-state index < -0.39 is 5.97 Å². The molecule has 0 aliphatic rings. The average Bonchev–Trinajstić information content (AvgIpc) is 2.39. The van der Waals surface area contributed by atoms with Crippen LogP contribution in [0.3, 0.4) is 0 Å². The second-order valence-corrected chi connectivity index (χ2v) is 3.69. The van der Waals surface area contributed by atoms with Gasteiger partial charge in [0.05, 0.1) is 11.6 Å². The molecule has 17 heavy (non-hydrogen) atoms. The highest BCUT2D eigenvalue weighted by Crippen LogP contribution is 2.19. The van der Waals surface area contributed by atoms with Crippen LogP contribution in [0.1, 0.15) is 27.5 Å². The number of aromatic nitrogens is 1. The normalized spacial score (nSPS) is 12.1. The molecule has 1 aromatic heterocycles. The van der Waals surface area contributed by atoms with Gasteiger partial charge in [-0.3, -0.25) is 4.98 Å². The topological polar surface area (TPSA) is 76.2 Å². The van der Waals surface area contributed by atoms with Crippen LogP contribution in [-0.2, 0) is 0 Å². The molecule has 0 aliphatic carbocycles. The number of aromatic carboxylic acids is 1. The fourth-order valence-corrected chi connectivity index (χ4v) is 1.62. The molecule has 0 saturated heterocycles. The molecule has 1 atom stereocenters. The first-order chi connectivity index (χ1) is 8.18. The molecule has 86 valence electrons. The van der Waals surface area contributed by atoms with E-state index in [0.717, 1.165) is 11.1 Å². The highest BCUT2D eigenvalue weighted by Gasteiger charge is 2.11. The van der Waals surface area contributed by atoms with E-state index in [4.69, 9.17) is 10.8 Å². The number of rotatable bonds is 3. The van der Waals surface area contributed by atoms with E-state index in [1.165, 1.54) is 0 Å². The van der Waals surface area contributed by atoms with Crippen molar-refractivity contribution in [2.75, 3.05) is 0 Å². The summed E-state index contributed by atoms with van der Waals surface area (Å²) in [7, 11) is 0. The van der Waals surface area contributed by atoms with Crippen LogP contribution in [0.25, 0.3) is 0 Å². The fraction of sp³-hybridized carbons (Fsp3) is 0.0769. The van der Waals surface area contributed by atoms with Crippen molar-refractivity contribution in [2.24, 2.45) is 5.73 Å². The van der Waals surface area contributed by atoms with Crippen LogP contribution >= 0.6 is 0 Å². The van der Waals surface area contributed by atoms with Gasteiger partial charge in [-0.1, -0.05) is 18.2 Å². The minimum absolute atomic E-state index is 0.238. The van der Waals surface area contributed by atoms with E-state index in [0.29, 0.717) is 0 Å². The molecule has 0 bridgehead atoms. The number of hydrogen-bond donors (Lipinski definition) is 2. The van der Waals surface area contributed by atoms with E-state index in [-0.39, 0.29) is 11.6 Å². The third kappa shape index (κ3) is 2.49. The lowest BCUT2D eigenvalue weighted by Crippen LogP contribution is -2.12. The van der Waals surface area contributed by atoms with Gasteiger partial charge in [-0.25, -0.2) is 4.79 Å². The number of carbonyl (C=O) groups is 1. The maximum absolute atomic E-state index is 10.9. The van der Waals surface area contributed by atoms with E-state index in [1.54, 1.807) is 36.7 Å². The molecule has 2 rings (SSSR count). The fourth-order valence-electron chi connectivity index (χ4n) is 1.62. The lowest BCUT2D eigenvalue weighted by atomic mass is 9.99. The zero-order valence-corrected chi connectivity index (χ0v) is 9.08. The number of hydrogen-bond acceptors (Lipinski definition) is 3. The molecule has 4 heteroatoms. The van der Waals surface area contributed by atoms with Crippen LogP contribution in [0.2, 0.25) is 0 Å². The summed E-state index contributed by atoms with van der Waals surface area (Å²) in [5.74, 6) is -0.953. The Kier molecular flexibility index (Phi) is 3.16. The van der Waals surface area contributed by atoms with Crippen LogP contribution in [0.15, 0.2) is 48.8 Å². The van der Waals surface area contributed by atoms with Gasteiger partial charge in [-0.2, -0.15) is 0 Å². The van der Waals surface area contributed by atoms with Gasteiger partial charge in [0.25, 0.3) is 0 Å². The van der Waals surface area contributed by atoms with Crippen molar-refractivity contribution in [1.29, 1.82) is 0 Å². The van der Waals surface area contributed by atoms with E-state index in [9.17, 15) is 4.79 Å². The zero-order chi connectivity index (χ0) is 12.3. The minimum Gasteiger partial charge on any atom is -0.478 e. The van der Waals surface area contributed by atoms with Crippen LogP contribution in [-0.4, -0.2) is 16.1 Å². The lowest BCUT2D eigenvalue weighted by Gasteiger charge is -2.12. The SMILES string of the molecule is NC(c1cccnc1)c1cccc(C(=O)O)c1. The summed E-state index contributed by atoms with van der Waals surface area (Å²) in [5, 5.41) is 8.91. The van der Waals surface area contributed by atoms with Crippen molar-refractivity contribution < 1.29 is 9.90 Å². The predicted molar refractivity (Wildman–Crippen MR) is 63.7 cm³/mol. The zero-order valence-electron chi connectivity index (χ0n) is 9.08. The van der Waals surface area contributed by atoms with Crippen molar-refractivity contribution in [1.82, 2.24) is 4.98 Å². The summed E-state index contributed by atoms with van der Waals surface area (Å²) in [6.45, 7) is 0. The Morgan fingerprint density at radius 2 is 2.00 bits per heavy atom. The second kappa shape index (κ2) is 4.76. The van der Waals surface area contributed by atoms with E-state index in [2.05, 4.69) is 4.98 Å². The highest BCUT2D eigenvalue weighted by atomic mass is 16.4. The Morgan fingerprint density at radius 1 is 1.24 bits per heavy atom. The molecular formula is C13H12N2O2. The molecule has 3 N–H and O–H groups in total. The predicted octanol–water partition coefficient (Wildman–Crippen LogP) is 1.83. The van der Waals surface area contributed by atoms with E-state index >= 15 is 0 Å². The smallest absolute Gasteiger partial charge is 0.335 e. The molecule has 1 heterocycles. The van der Waals surface area contributed by atoms with Gasteiger partial charge in [0, 0.05) is 12.4 Å². The number of nitrogens with zero attached hydrogens (tertiary/aromatic N) is 1. The number of nitrogens with two attached hydrogens (primary N) is 1. The molecule has 0 amide bonds. The lowest BCUT2D eigenvalue weighted by molar-refractivity contribution is 0.0697. The van der Waals surface area contributed by atoms with Crippen LogP contribution in [0.5, 0.6) is 0 Å². The van der Waals surface area contributed by atoms with Crippen molar-refractivity contribution in [3.05, 3.63) is 65.5 Å². The summed E-state index contributed by atoms with van der Waals surface area (Å²) < 4.78 is 0. The number of carboxylic acid groups (broad SMARTS) is 1. The standard InChI is InChI=1S/C13H12N2O2/c14-12(11-5-2-6-15-8-11)9-3-1-4-10(7-9)13(16)17/h1-8,12H,14H2,(H,16,17). The van der Waals surface area contributed by atoms with E-state index in [1.807, 2.05) is 12.1 Å². The quantitative estimate of drug-likeness (QED) is 0.840. The largest absolute Gasteiger partial charge is 0.478 e. The summed E-state index contributed by atoms with van der Waals surface area (Å²) >= 11 is 0. The molecule has 4 nitrogen and oxygen atoms in total. The Bertz CT molecular complexity index is 526. The Morgan fingerprint density at radius 3 is 2.65 bits per heavy atom. The maximum Gasteiger partial charge on any atom is 0.335 e. The van der Waals surface area contributed by atoms with Crippen LogP contribution in [0, 0.1) is 0 Å². The average molecular weight is 228 g/mol. The molecule has 2 aromatic rings. The van der Waals surface area contributed by atoms with Crippen molar-refractivity contribution in [3.8, 4) is 0 Å². The highest BCUT2D eigenvalue weighted by molar-refractivity contribution is 5.87. The first-order valence-corrected chi connectivity index (χ1v) is 5.17. The van der Waals surface area contributed by atoms with Gasteiger partial charge in [0.2, 0.25) is 0 Å². The second-order valence-electron chi connectivity index (χ2n) is 3.69. The Balaban J connectivity index is 2.34. The van der Waals surface area contributed by atoms with Crippen molar-refractivity contribution in [3.63, 3.8) is 0 Å². The summed E-state index contributed by atoms with van der Waals surface area (Å²) in [6.07, 6.45) is 3.35. The summed E-state index contributed by atoms with van der Waals surface area (Å²) in [4.78, 5) is 14.9. The number of benzene rings is 1. The molecule has 0 fully saturated rings. The van der Waals surface area contributed by atoms with Crippen molar-refractivity contribution in [2.45, 2.75) is 6.04 Å². The van der Waals surface area contributed by atoms with Crippen molar-refractivity contribution >= 4 is 5.97 Å². The molecule has 1 aromatic carbocycles. The maximum atomic E-state index is 10.9.